The van der Waals surface area contributed by atoms with Crippen LogP contribution in [0.4, 0.5) is 5.88 Å². The lowest BCUT2D eigenvalue weighted by Gasteiger charge is -2.43. The number of nitrogens with one attached hydrogen (secondary N) is 1. The van der Waals surface area contributed by atoms with E-state index in [1.54, 1.807) is 18.2 Å². The van der Waals surface area contributed by atoms with Gasteiger partial charge in [-0.1, -0.05) is 78.2 Å². The highest BCUT2D eigenvalue weighted by molar-refractivity contribution is 7.93. The molecule has 0 aliphatic carbocycles. The Hall–Kier alpha value is -1.97. The van der Waals surface area contributed by atoms with Gasteiger partial charge in [-0.05, 0) is 49.5 Å². The Labute approximate surface area is 218 Å². The molecule has 1 aromatic carbocycles. The molecule has 2 rings (SSSR count). The van der Waals surface area contributed by atoms with Crippen LogP contribution in [0.5, 0.6) is 0 Å². The molecule has 1 aromatic heterocycles. The first-order chi connectivity index (χ1) is 16.4. The quantitative estimate of drug-likeness (QED) is 0.323. The number of rotatable bonds is 11. The predicted molar refractivity (Wildman–Crippen MR) is 148 cm³/mol. The first-order valence-electron chi connectivity index (χ1n) is 12.6. The van der Waals surface area contributed by atoms with Crippen molar-refractivity contribution >= 4 is 29.9 Å². The van der Waals surface area contributed by atoms with Crippen molar-refractivity contribution in [2.75, 3.05) is 11.9 Å². The molecule has 1 N–H and O–H groups in total. The number of nitrogens with zero attached hydrogens (tertiary/aromatic N) is 1. The number of amides is 1. The highest BCUT2D eigenvalue weighted by Crippen LogP contribution is 2.43. The van der Waals surface area contributed by atoms with Crippen molar-refractivity contribution in [3.63, 3.8) is 0 Å². The number of hydrogen-bond acceptors (Lipinski definition) is 6. The maximum atomic E-state index is 13.2. The third-order valence-electron chi connectivity index (χ3n) is 7.38. The monoisotopic (exact) mass is 536 g/mol. The lowest BCUT2D eigenvalue weighted by atomic mass is 9.91. The summed E-state index contributed by atoms with van der Waals surface area (Å²) in [6.45, 7) is 22.7. The fourth-order valence-electron chi connectivity index (χ4n) is 4.93. The van der Waals surface area contributed by atoms with Crippen LogP contribution in [-0.4, -0.2) is 39.2 Å². The van der Waals surface area contributed by atoms with E-state index < -0.39 is 34.2 Å². The molecule has 2 aromatic rings. The van der Waals surface area contributed by atoms with E-state index in [9.17, 15) is 13.2 Å². The molecule has 0 radical (unpaired) electrons. The predicted octanol–water partition coefficient (Wildman–Crippen LogP) is 6.64. The topological polar surface area (TPSA) is 98.5 Å². The van der Waals surface area contributed by atoms with Gasteiger partial charge in [0.1, 0.15) is 4.75 Å². The Bertz CT molecular complexity index is 1130. The van der Waals surface area contributed by atoms with Crippen molar-refractivity contribution in [2.45, 2.75) is 108 Å². The van der Waals surface area contributed by atoms with Crippen LogP contribution >= 0.6 is 0 Å². The molecule has 0 atom stereocenters. The third-order valence-corrected chi connectivity index (χ3v) is 15.9. The second kappa shape index (κ2) is 10.8. The Morgan fingerprint density at radius 3 is 1.97 bits per heavy atom. The zero-order valence-corrected chi connectivity index (χ0v) is 25.5. The normalized spacial score (nSPS) is 13.6. The van der Waals surface area contributed by atoms with E-state index in [1.807, 2.05) is 20.8 Å². The van der Waals surface area contributed by atoms with E-state index in [0.29, 0.717) is 28.9 Å². The van der Waals surface area contributed by atoms with Gasteiger partial charge in [0.2, 0.25) is 11.8 Å². The highest BCUT2D eigenvalue weighted by Gasteiger charge is 2.46. The van der Waals surface area contributed by atoms with Gasteiger partial charge < -0.3 is 8.95 Å². The second-order valence-corrected chi connectivity index (χ2v) is 19.8. The van der Waals surface area contributed by atoms with Gasteiger partial charge in [0.25, 0.3) is 0 Å². The van der Waals surface area contributed by atoms with E-state index >= 15 is 0 Å². The van der Waals surface area contributed by atoms with Crippen molar-refractivity contribution in [3.05, 3.63) is 41.6 Å². The van der Waals surface area contributed by atoms with Crippen molar-refractivity contribution in [1.29, 1.82) is 0 Å². The summed E-state index contributed by atoms with van der Waals surface area (Å²) in [5.74, 6) is -0.582. The zero-order chi connectivity index (χ0) is 27.7. The van der Waals surface area contributed by atoms with E-state index in [1.165, 1.54) is 26.0 Å². The number of sulfone groups is 1. The summed E-state index contributed by atoms with van der Waals surface area (Å²) in [5, 5.41) is 6.79. The van der Waals surface area contributed by atoms with Gasteiger partial charge in [-0.15, -0.1) is 0 Å². The molecule has 0 spiro atoms. The first kappa shape index (κ1) is 30.3. The van der Waals surface area contributed by atoms with Crippen LogP contribution in [0.25, 0.3) is 0 Å². The average molecular weight is 537 g/mol. The van der Waals surface area contributed by atoms with Gasteiger partial charge in [-0.2, -0.15) is 0 Å². The summed E-state index contributed by atoms with van der Waals surface area (Å²) in [4.78, 5) is 13.2. The van der Waals surface area contributed by atoms with Crippen molar-refractivity contribution < 1.29 is 22.2 Å². The Morgan fingerprint density at radius 2 is 1.50 bits per heavy atom. The van der Waals surface area contributed by atoms with E-state index in [-0.39, 0.29) is 10.8 Å². The Balaban J connectivity index is 2.22. The number of hydrogen-bond donors (Lipinski definition) is 1. The largest absolute Gasteiger partial charge is 0.415 e. The van der Waals surface area contributed by atoms with Gasteiger partial charge in [0, 0.05) is 18.1 Å². The first-order valence-corrected chi connectivity index (χ1v) is 16.3. The standard InChI is InChI=1S/C27H44N2O5SSi/c1-18(2)36(19(3)4,20(5)6)33-17-26(8,9)23-16-24(34-29-23)28-25(30)27(10,11)35(31,32)22-14-12-21(7)13-15-22/h12-16,18-20H,17H2,1-11H3,(H,28,30). The smallest absolute Gasteiger partial charge is 0.248 e. The van der Waals surface area contributed by atoms with Crippen molar-refractivity contribution in [3.8, 4) is 0 Å². The van der Waals surface area contributed by atoms with Crippen LogP contribution in [0.1, 0.15) is 80.5 Å². The number of carbonyl (C=O) groups is 1. The molecule has 0 aliphatic rings. The summed E-state index contributed by atoms with van der Waals surface area (Å²) >= 11 is 0. The summed E-state index contributed by atoms with van der Waals surface area (Å²) in [6.07, 6.45) is 0. The van der Waals surface area contributed by atoms with Gasteiger partial charge >= 0.3 is 0 Å². The van der Waals surface area contributed by atoms with Crippen LogP contribution in [0, 0.1) is 6.92 Å². The number of carbonyl (C=O) groups excluding carboxylic acids is 1. The summed E-state index contributed by atoms with van der Waals surface area (Å²) in [6, 6.07) is 8.11. The zero-order valence-electron chi connectivity index (χ0n) is 23.7. The molecule has 0 fully saturated rings. The van der Waals surface area contributed by atoms with Crippen molar-refractivity contribution in [1.82, 2.24) is 5.16 Å². The Kier molecular flexibility index (Phi) is 9.07. The van der Waals surface area contributed by atoms with Gasteiger partial charge in [0.15, 0.2) is 18.2 Å². The fraction of sp³-hybridized carbons (Fsp3) is 0.630. The molecule has 1 heterocycles. The third kappa shape index (κ3) is 5.78. The highest BCUT2D eigenvalue weighted by atomic mass is 32.2. The lowest BCUT2D eigenvalue weighted by molar-refractivity contribution is -0.118. The molecule has 9 heteroatoms. The lowest BCUT2D eigenvalue weighted by Crippen LogP contribution is -2.49. The van der Waals surface area contributed by atoms with Crippen LogP contribution < -0.4 is 5.32 Å². The minimum atomic E-state index is -3.94. The molecule has 0 saturated heterocycles. The van der Waals surface area contributed by atoms with Crippen LogP contribution in [-0.2, 0) is 24.5 Å². The van der Waals surface area contributed by atoms with Gasteiger partial charge in [-0.3, -0.25) is 10.1 Å². The number of aromatic nitrogens is 1. The molecule has 0 aliphatic heterocycles. The molecule has 0 saturated carbocycles. The van der Waals surface area contributed by atoms with Gasteiger partial charge in [-0.25, -0.2) is 8.42 Å². The molecule has 0 bridgehead atoms. The summed E-state index contributed by atoms with van der Waals surface area (Å²) < 4.78 is 36.8. The second-order valence-electron chi connectivity index (χ2n) is 11.8. The molecule has 1 amide bonds. The molecular formula is C27H44N2O5SSi. The molecule has 0 unspecified atom stereocenters. The van der Waals surface area contributed by atoms with E-state index in [2.05, 4.69) is 52.0 Å². The van der Waals surface area contributed by atoms with E-state index in [0.717, 1.165) is 5.56 Å². The van der Waals surface area contributed by atoms with Crippen molar-refractivity contribution in [2.24, 2.45) is 0 Å². The summed E-state index contributed by atoms with van der Waals surface area (Å²) in [7, 11) is -6.00. The van der Waals surface area contributed by atoms with Crippen LogP contribution in [0.15, 0.2) is 39.8 Å². The Morgan fingerprint density at radius 1 is 1.00 bits per heavy atom. The van der Waals surface area contributed by atoms with Crippen LogP contribution in [0.3, 0.4) is 0 Å². The fourth-order valence-corrected chi connectivity index (χ4v) is 11.9. The molecule has 7 nitrogen and oxygen atoms in total. The number of anilines is 1. The maximum Gasteiger partial charge on any atom is 0.248 e. The molecule has 36 heavy (non-hydrogen) atoms. The average Bonchev–Trinajstić information content (AvgIpc) is 3.23. The number of aryl methyl sites for hydroxylation is 1. The molecular weight excluding hydrogens is 492 g/mol. The molecule has 202 valence electrons. The van der Waals surface area contributed by atoms with Gasteiger partial charge in [0.05, 0.1) is 10.6 Å². The minimum absolute atomic E-state index is 0.0953. The van der Waals surface area contributed by atoms with E-state index in [4.69, 9.17) is 8.95 Å². The minimum Gasteiger partial charge on any atom is -0.415 e. The van der Waals surface area contributed by atoms with Crippen LogP contribution in [0.2, 0.25) is 16.6 Å². The number of benzene rings is 1. The SMILES string of the molecule is Cc1ccc(S(=O)(=O)C(C)(C)C(=O)Nc2cc(C(C)(C)CO[Si](C(C)C)(C(C)C)C(C)C)no2)cc1. The maximum absolute atomic E-state index is 13.2. The summed E-state index contributed by atoms with van der Waals surface area (Å²) in [5.41, 5.74) is 2.48.